The Morgan fingerprint density at radius 1 is 1.45 bits per heavy atom. The summed E-state index contributed by atoms with van der Waals surface area (Å²) in [6.07, 6.45) is 4.36. The summed E-state index contributed by atoms with van der Waals surface area (Å²) in [4.78, 5) is 20.4. The average Bonchev–Trinajstić information content (AvgIpc) is 2.82. The molecular formula is C13H17BrN4O2. The Morgan fingerprint density at radius 2 is 2.20 bits per heavy atom. The van der Waals surface area contributed by atoms with E-state index >= 15 is 0 Å². The second-order valence-electron chi connectivity index (χ2n) is 4.44. The van der Waals surface area contributed by atoms with Crippen LogP contribution in [0.25, 0.3) is 5.65 Å². The van der Waals surface area contributed by atoms with Crippen molar-refractivity contribution in [3.8, 4) is 0 Å². The van der Waals surface area contributed by atoms with Crippen molar-refractivity contribution in [1.82, 2.24) is 14.4 Å². The molecule has 1 atom stereocenters. The lowest BCUT2D eigenvalue weighted by molar-refractivity contribution is 0.0520. The standard InChI is InChI=1S/C13H17BrN4O2/c1-4-8(3)15-11-12-16-9(13(19)20-5-2)6-18(12)7-10(14)17-11/h6-8H,4-5H2,1-3H3,(H,15,17)/t8-/m1/s1. The highest BCUT2D eigenvalue weighted by Crippen LogP contribution is 2.20. The van der Waals surface area contributed by atoms with Crippen LogP contribution in [-0.4, -0.2) is 33.0 Å². The van der Waals surface area contributed by atoms with Crippen LogP contribution >= 0.6 is 15.9 Å². The molecule has 7 heteroatoms. The third-order valence-electron chi connectivity index (χ3n) is 2.89. The molecule has 0 aliphatic heterocycles. The van der Waals surface area contributed by atoms with Gasteiger partial charge in [-0.2, -0.15) is 0 Å². The van der Waals surface area contributed by atoms with Gasteiger partial charge in [-0.05, 0) is 36.2 Å². The summed E-state index contributed by atoms with van der Waals surface area (Å²) < 4.78 is 7.39. The van der Waals surface area contributed by atoms with E-state index in [2.05, 4.69) is 45.1 Å². The molecule has 0 unspecified atom stereocenters. The van der Waals surface area contributed by atoms with Crippen LogP contribution in [-0.2, 0) is 4.74 Å². The van der Waals surface area contributed by atoms with Gasteiger partial charge in [-0.25, -0.2) is 14.8 Å². The summed E-state index contributed by atoms with van der Waals surface area (Å²) in [5.74, 6) is 0.214. The van der Waals surface area contributed by atoms with Crippen LogP contribution in [0, 0.1) is 0 Å². The molecule has 1 N–H and O–H groups in total. The van der Waals surface area contributed by atoms with Crippen LogP contribution in [0.4, 0.5) is 5.82 Å². The van der Waals surface area contributed by atoms with Gasteiger partial charge in [0.1, 0.15) is 4.60 Å². The van der Waals surface area contributed by atoms with Crippen LogP contribution in [0.5, 0.6) is 0 Å². The predicted octanol–water partition coefficient (Wildman–Crippen LogP) is 2.88. The summed E-state index contributed by atoms with van der Waals surface area (Å²) in [5.41, 5.74) is 0.885. The normalized spacial score (nSPS) is 12.4. The van der Waals surface area contributed by atoms with Gasteiger partial charge < -0.3 is 14.5 Å². The van der Waals surface area contributed by atoms with Crippen LogP contribution in [0.15, 0.2) is 17.0 Å². The Labute approximate surface area is 125 Å². The number of carbonyl (C=O) groups is 1. The number of carbonyl (C=O) groups excluding carboxylic acids is 1. The number of aromatic nitrogens is 3. The number of nitrogens with one attached hydrogen (secondary N) is 1. The van der Waals surface area contributed by atoms with Crippen molar-refractivity contribution in [2.75, 3.05) is 11.9 Å². The van der Waals surface area contributed by atoms with Gasteiger partial charge >= 0.3 is 5.97 Å². The summed E-state index contributed by atoms with van der Waals surface area (Å²) in [6.45, 7) is 6.24. The molecule has 2 heterocycles. The summed E-state index contributed by atoms with van der Waals surface area (Å²) in [7, 11) is 0. The van der Waals surface area contributed by atoms with Crippen LogP contribution < -0.4 is 5.32 Å². The Bertz CT molecular complexity index is 626. The summed E-state index contributed by atoms with van der Waals surface area (Å²) in [6, 6.07) is 0.267. The molecule has 0 amide bonds. The Balaban J connectivity index is 2.44. The smallest absolute Gasteiger partial charge is 0.358 e. The number of imidazole rings is 1. The predicted molar refractivity (Wildman–Crippen MR) is 80.0 cm³/mol. The highest BCUT2D eigenvalue weighted by molar-refractivity contribution is 9.10. The maximum Gasteiger partial charge on any atom is 0.358 e. The fraction of sp³-hybridized carbons (Fsp3) is 0.462. The second kappa shape index (κ2) is 6.21. The molecule has 0 fully saturated rings. The zero-order valence-corrected chi connectivity index (χ0v) is 13.3. The first-order chi connectivity index (χ1) is 9.55. The molecule has 0 aliphatic rings. The van der Waals surface area contributed by atoms with Crippen molar-refractivity contribution in [2.45, 2.75) is 33.2 Å². The van der Waals surface area contributed by atoms with Crippen molar-refractivity contribution in [1.29, 1.82) is 0 Å². The molecule has 6 nitrogen and oxygen atoms in total. The molecule has 0 saturated heterocycles. The molecule has 0 saturated carbocycles. The monoisotopic (exact) mass is 340 g/mol. The van der Waals surface area contributed by atoms with E-state index in [-0.39, 0.29) is 11.7 Å². The van der Waals surface area contributed by atoms with Crippen molar-refractivity contribution in [3.63, 3.8) is 0 Å². The molecule has 2 rings (SSSR count). The van der Waals surface area contributed by atoms with Gasteiger partial charge in [-0.15, -0.1) is 0 Å². The third kappa shape index (κ3) is 3.09. The molecule has 0 bridgehead atoms. The quantitative estimate of drug-likeness (QED) is 0.847. The number of hydrogen-bond acceptors (Lipinski definition) is 5. The number of nitrogens with zero attached hydrogens (tertiary/aromatic N) is 3. The largest absolute Gasteiger partial charge is 0.461 e. The fourth-order valence-corrected chi connectivity index (χ4v) is 2.10. The number of halogens is 1. The molecule has 20 heavy (non-hydrogen) atoms. The highest BCUT2D eigenvalue weighted by atomic mass is 79.9. The van der Waals surface area contributed by atoms with Crippen molar-refractivity contribution < 1.29 is 9.53 Å². The van der Waals surface area contributed by atoms with Crippen LogP contribution in [0.3, 0.4) is 0 Å². The van der Waals surface area contributed by atoms with E-state index in [1.165, 1.54) is 0 Å². The van der Waals surface area contributed by atoms with Gasteiger partial charge in [0.25, 0.3) is 0 Å². The van der Waals surface area contributed by atoms with E-state index in [0.717, 1.165) is 6.42 Å². The topological polar surface area (TPSA) is 68.5 Å². The Hall–Kier alpha value is -1.63. The number of fused-ring (bicyclic) bond motifs is 1. The van der Waals surface area contributed by atoms with Gasteiger partial charge in [0.05, 0.1) is 6.61 Å². The molecule has 0 aromatic carbocycles. The second-order valence-corrected chi connectivity index (χ2v) is 5.26. The van der Waals surface area contributed by atoms with E-state index in [1.807, 2.05) is 0 Å². The maximum absolute atomic E-state index is 11.7. The number of anilines is 1. The highest BCUT2D eigenvalue weighted by Gasteiger charge is 2.16. The van der Waals surface area contributed by atoms with Crippen molar-refractivity contribution >= 4 is 33.4 Å². The van der Waals surface area contributed by atoms with Gasteiger partial charge in [-0.1, -0.05) is 6.92 Å². The minimum atomic E-state index is -0.429. The summed E-state index contributed by atoms with van der Waals surface area (Å²) in [5, 5.41) is 3.28. The van der Waals surface area contributed by atoms with E-state index in [0.29, 0.717) is 22.7 Å². The minimum Gasteiger partial charge on any atom is -0.461 e. The van der Waals surface area contributed by atoms with E-state index in [1.54, 1.807) is 23.7 Å². The lowest BCUT2D eigenvalue weighted by Crippen LogP contribution is -2.15. The first-order valence-corrected chi connectivity index (χ1v) is 7.33. The van der Waals surface area contributed by atoms with E-state index in [9.17, 15) is 4.79 Å². The van der Waals surface area contributed by atoms with Crippen molar-refractivity contribution in [2.24, 2.45) is 0 Å². The molecule has 0 spiro atoms. The van der Waals surface area contributed by atoms with Gasteiger partial charge in [0.2, 0.25) is 0 Å². The first kappa shape index (κ1) is 14.8. The zero-order chi connectivity index (χ0) is 14.7. The Kier molecular flexibility index (Phi) is 4.59. The molecular weight excluding hydrogens is 324 g/mol. The van der Waals surface area contributed by atoms with Gasteiger partial charge in [0, 0.05) is 18.4 Å². The lowest BCUT2D eigenvalue weighted by atomic mass is 10.2. The number of ether oxygens (including phenoxy) is 1. The fourth-order valence-electron chi connectivity index (χ4n) is 1.70. The molecule has 0 radical (unpaired) electrons. The SMILES string of the molecule is CCOC(=O)c1cn2cc(Br)nc(N[C@H](C)CC)c2n1. The summed E-state index contributed by atoms with van der Waals surface area (Å²) >= 11 is 3.36. The first-order valence-electron chi connectivity index (χ1n) is 6.54. The van der Waals surface area contributed by atoms with Crippen molar-refractivity contribution in [3.05, 3.63) is 22.7 Å². The maximum atomic E-state index is 11.7. The molecule has 0 aliphatic carbocycles. The Morgan fingerprint density at radius 3 is 2.85 bits per heavy atom. The third-order valence-corrected chi connectivity index (χ3v) is 3.27. The number of rotatable bonds is 5. The number of hydrogen-bond donors (Lipinski definition) is 1. The lowest BCUT2D eigenvalue weighted by Gasteiger charge is -2.12. The van der Waals surface area contributed by atoms with Gasteiger partial charge in [0.15, 0.2) is 17.2 Å². The zero-order valence-electron chi connectivity index (χ0n) is 11.7. The molecule has 2 aromatic heterocycles. The van der Waals surface area contributed by atoms with Crippen LogP contribution in [0.2, 0.25) is 0 Å². The molecule has 2 aromatic rings. The number of esters is 1. The molecule has 108 valence electrons. The minimum absolute atomic E-state index is 0.267. The van der Waals surface area contributed by atoms with Gasteiger partial charge in [-0.3, -0.25) is 0 Å². The van der Waals surface area contributed by atoms with Crippen LogP contribution in [0.1, 0.15) is 37.7 Å². The average molecular weight is 341 g/mol. The van der Waals surface area contributed by atoms with E-state index in [4.69, 9.17) is 4.74 Å². The van der Waals surface area contributed by atoms with E-state index < -0.39 is 5.97 Å².